The maximum absolute atomic E-state index is 12.6. The number of rotatable bonds is 6. The van der Waals surface area contributed by atoms with E-state index < -0.39 is 0 Å². The van der Waals surface area contributed by atoms with Crippen molar-refractivity contribution in [1.82, 2.24) is 4.90 Å². The zero-order chi connectivity index (χ0) is 20.6. The highest BCUT2D eigenvalue weighted by Crippen LogP contribution is 2.18. The molecule has 3 aromatic rings. The molecule has 0 radical (unpaired) electrons. The Bertz CT molecular complexity index is 978. The second-order valence-corrected chi connectivity index (χ2v) is 7.33. The van der Waals surface area contributed by atoms with Crippen LogP contribution in [0.1, 0.15) is 11.1 Å². The largest absolute Gasteiger partial charge is 0.489 e. The van der Waals surface area contributed by atoms with Gasteiger partial charge in [0.2, 0.25) is 5.91 Å². The Hall–Kier alpha value is -3.53. The molecule has 0 aromatic heterocycles. The summed E-state index contributed by atoms with van der Waals surface area (Å²) in [4.78, 5) is 16.8. The van der Waals surface area contributed by atoms with E-state index in [0.717, 1.165) is 43.1 Å². The minimum absolute atomic E-state index is 0.0540. The maximum atomic E-state index is 12.6. The van der Waals surface area contributed by atoms with E-state index in [2.05, 4.69) is 17.0 Å². The third-order valence-corrected chi connectivity index (χ3v) is 5.24. The number of anilines is 1. The zero-order valence-corrected chi connectivity index (χ0v) is 17.0. The second kappa shape index (κ2) is 9.79. The number of ether oxygens (including phenoxy) is 1. The Labute approximate surface area is 178 Å². The molecule has 1 aliphatic rings. The van der Waals surface area contributed by atoms with Gasteiger partial charge in [0, 0.05) is 37.9 Å². The quantitative estimate of drug-likeness (QED) is 0.568. The molecule has 1 saturated heterocycles. The molecule has 4 heteroatoms. The Morgan fingerprint density at radius 3 is 2.27 bits per heavy atom. The Morgan fingerprint density at radius 1 is 0.833 bits per heavy atom. The van der Waals surface area contributed by atoms with E-state index in [4.69, 9.17) is 4.74 Å². The van der Waals surface area contributed by atoms with Gasteiger partial charge in [0.25, 0.3) is 0 Å². The summed E-state index contributed by atoms with van der Waals surface area (Å²) in [5.74, 6) is 0.850. The van der Waals surface area contributed by atoms with Crippen LogP contribution in [0, 0.1) is 0 Å². The summed E-state index contributed by atoms with van der Waals surface area (Å²) in [7, 11) is 0. The summed E-state index contributed by atoms with van der Waals surface area (Å²) in [5, 5.41) is 0. The average Bonchev–Trinajstić information content (AvgIpc) is 2.83. The highest BCUT2D eigenvalue weighted by Gasteiger charge is 2.19. The van der Waals surface area contributed by atoms with Gasteiger partial charge in [-0.3, -0.25) is 4.79 Å². The zero-order valence-electron chi connectivity index (χ0n) is 17.0. The van der Waals surface area contributed by atoms with Gasteiger partial charge in [-0.05, 0) is 41.5 Å². The molecule has 0 bridgehead atoms. The molecule has 0 unspecified atom stereocenters. The first-order valence-corrected chi connectivity index (χ1v) is 10.3. The fraction of sp³-hybridized carbons (Fsp3) is 0.192. The summed E-state index contributed by atoms with van der Waals surface area (Å²) < 4.78 is 5.87. The molecule has 0 spiro atoms. The van der Waals surface area contributed by atoms with Gasteiger partial charge in [-0.2, -0.15) is 0 Å². The highest BCUT2D eigenvalue weighted by atomic mass is 16.5. The number of amides is 1. The molecule has 30 heavy (non-hydrogen) atoms. The topological polar surface area (TPSA) is 32.8 Å². The lowest BCUT2D eigenvalue weighted by Crippen LogP contribution is -2.48. The molecule has 0 aliphatic carbocycles. The van der Waals surface area contributed by atoms with E-state index in [1.807, 2.05) is 83.8 Å². The van der Waals surface area contributed by atoms with Crippen LogP contribution in [0.4, 0.5) is 5.69 Å². The molecule has 1 heterocycles. The number of benzene rings is 3. The van der Waals surface area contributed by atoms with E-state index in [9.17, 15) is 4.79 Å². The van der Waals surface area contributed by atoms with Gasteiger partial charge in [-0.15, -0.1) is 0 Å². The second-order valence-electron chi connectivity index (χ2n) is 7.33. The molecular formula is C26H26N2O2. The van der Waals surface area contributed by atoms with Crippen LogP contribution in [0.25, 0.3) is 6.08 Å². The number of para-hydroxylation sites is 1. The molecule has 0 N–H and O–H groups in total. The van der Waals surface area contributed by atoms with Crippen molar-refractivity contribution in [2.75, 3.05) is 31.1 Å². The van der Waals surface area contributed by atoms with Crippen LogP contribution in [0.3, 0.4) is 0 Å². The van der Waals surface area contributed by atoms with Gasteiger partial charge < -0.3 is 14.5 Å². The molecule has 0 saturated carbocycles. The van der Waals surface area contributed by atoms with Crippen molar-refractivity contribution in [3.05, 3.63) is 102 Å². The van der Waals surface area contributed by atoms with E-state index >= 15 is 0 Å². The van der Waals surface area contributed by atoms with Crippen LogP contribution in [-0.2, 0) is 11.4 Å². The minimum atomic E-state index is 0.0540. The van der Waals surface area contributed by atoms with Crippen molar-refractivity contribution in [3.8, 4) is 5.75 Å². The summed E-state index contributed by atoms with van der Waals surface area (Å²) in [6, 6.07) is 28.3. The lowest BCUT2D eigenvalue weighted by Gasteiger charge is -2.35. The highest BCUT2D eigenvalue weighted by molar-refractivity contribution is 5.92. The van der Waals surface area contributed by atoms with Crippen LogP contribution in [0.15, 0.2) is 91.0 Å². The predicted molar refractivity (Wildman–Crippen MR) is 121 cm³/mol. The van der Waals surface area contributed by atoms with Crippen molar-refractivity contribution in [1.29, 1.82) is 0 Å². The minimum Gasteiger partial charge on any atom is -0.489 e. The fourth-order valence-corrected chi connectivity index (χ4v) is 3.55. The predicted octanol–water partition coefficient (Wildman–Crippen LogP) is 4.63. The smallest absolute Gasteiger partial charge is 0.246 e. The summed E-state index contributed by atoms with van der Waals surface area (Å²) in [6.45, 7) is 3.70. The lowest BCUT2D eigenvalue weighted by molar-refractivity contribution is -0.126. The normalized spacial score (nSPS) is 14.1. The Balaban J connectivity index is 1.30. The fourth-order valence-electron chi connectivity index (χ4n) is 3.55. The molecule has 3 aromatic carbocycles. The van der Waals surface area contributed by atoms with Crippen LogP contribution >= 0.6 is 0 Å². The Morgan fingerprint density at radius 2 is 1.53 bits per heavy atom. The third-order valence-electron chi connectivity index (χ3n) is 5.24. The monoisotopic (exact) mass is 398 g/mol. The van der Waals surface area contributed by atoms with E-state index in [1.54, 1.807) is 6.08 Å². The van der Waals surface area contributed by atoms with Gasteiger partial charge in [0.1, 0.15) is 12.4 Å². The van der Waals surface area contributed by atoms with Crippen molar-refractivity contribution >= 4 is 17.7 Å². The number of hydrogen-bond acceptors (Lipinski definition) is 3. The molecule has 152 valence electrons. The van der Waals surface area contributed by atoms with Crippen molar-refractivity contribution in [2.24, 2.45) is 0 Å². The van der Waals surface area contributed by atoms with Crippen molar-refractivity contribution in [2.45, 2.75) is 6.61 Å². The number of carbonyl (C=O) groups excluding carboxylic acids is 1. The number of hydrogen-bond donors (Lipinski definition) is 0. The van der Waals surface area contributed by atoms with Crippen molar-refractivity contribution < 1.29 is 9.53 Å². The first-order chi connectivity index (χ1) is 14.8. The van der Waals surface area contributed by atoms with E-state index in [-0.39, 0.29) is 5.91 Å². The van der Waals surface area contributed by atoms with Gasteiger partial charge in [-0.1, -0.05) is 60.7 Å². The van der Waals surface area contributed by atoms with Gasteiger partial charge >= 0.3 is 0 Å². The molecule has 1 amide bonds. The first kappa shape index (κ1) is 19.8. The van der Waals surface area contributed by atoms with Gasteiger partial charge in [0.05, 0.1) is 0 Å². The SMILES string of the molecule is O=C(/C=C/c1cccc(OCc2ccccc2)c1)N1CCN(c2ccccc2)CC1. The molecular weight excluding hydrogens is 372 g/mol. The average molecular weight is 399 g/mol. The molecule has 1 aliphatic heterocycles. The number of carbonyl (C=O) groups is 1. The summed E-state index contributed by atoms with van der Waals surface area (Å²) >= 11 is 0. The maximum Gasteiger partial charge on any atom is 0.246 e. The Kier molecular flexibility index (Phi) is 6.45. The summed E-state index contributed by atoms with van der Waals surface area (Å²) in [6.07, 6.45) is 3.52. The molecule has 0 atom stereocenters. The summed E-state index contributed by atoms with van der Waals surface area (Å²) in [5.41, 5.74) is 3.30. The van der Waals surface area contributed by atoms with Crippen molar-refractivity contribution in [3.63, 3.8) is 0 Å². The van der Waals surface area contributed by atoms with Gasteiger partial charge in [-0.25, -0.2) is 0 Å². The molecule has 1 fully saturated rings. The standard InChI is InChI=1S/C26H26N2O2/c29-26(28-18-16-27(17-19-28)24-11-5-2-6-12-24)15-14-22-10-7-13-25(20-22)30-21-23-8-3-1-4-9-23/h1-15,20H,16-19,21H2/b15-14+. The number of nitrogens with zero attached hydrogens (tertiary/aromatic N) is 2. The van der Waals surface area contributed by atoms with Gasteiger partial charge in [0.15, 0.2) is 0 Å². The first-order valence-electron chi connectivity index (χ1n) is 10.3. The van der Waals surface area contributed by atoms with Crippen LogP contribution in [-0.4, -0.2) is 37.0 Å². The third kappa shape index (κ3) is 5.29. The van der Waals surface area contributed by atoms with E-state index in [1.165, 1.54) is 5.69 Å². The van der Waals surface area contributed by atoms with E-state index in [0.29, 0.717) is 6.61 Å². The lowest BCUT2D eigenvalue weighted by atomic mass is 10.2. The van der Waals surface area contributed by atoms with Crippen LogP contribution < -0.4 is 9.64 Å². The van der Waals surface area contributed by atoms with Crippen LogP contribution in [0.5, 0.6) is 5.75 Å². The molecule has 4 rings (SSSR count). The molecule has 4 nitrogen and oxygen atoms in total. The van der Waals surface area contributed by atoms with Crippen LogP contribution in [0.2, 0.25) is 0 Å². The number of piperazine rings is 1.